The standard InChI is InChI=1S/C13H18BrNO/c14-13-7-2-1-4-10(13)9-16-12-6-3-5-11(15)8-12/h1-2,4,7,11-12H,3,5-6,8-9,15H2. The molecule has 1 aromatic rings. The Labute approximate surface area is 105 Å². The van der Waals surface area contributed by atoms with Crippen molar-refractivity contribution in [2.24, 2.45) is 5.73 Å². The van der Waals surface area contributed by atoms with Gasteiger partial charge in [0.2, 0.25) is 0 Å². The molecule has 0 bridgehead atoms. The van der Waals surface area contributed by atoms with E-state index in [2.05, 4.69) is 22.0 Å². The summed E-state index contributed by atoms with van der Waals surface area (Å²) < 4.78 is 7.03. The van der Waals surface area contributed by atoms with Gasteiger partial charge < -0.3 is 10.5 Å². The van der Waals surface area contributed by atoms with Crippen LogP contribution < -0.4 is 5.73 Å². The highest BCUT2D eigenvalue weighted by Crippen LogP contribution is 2.23. The van der Waals surface area contributed by atoms with E-state index >= 15 is 0 Å². The van der Waals surface area contributed by atoms with Crippen LogP contribution in [0.1, 0.15) is 31.2 Å². The van der Waals surface area contributed by atoms with Gasteiger partial charge in [-0.2, -0.15) is 0 Å². The molecule has 0 aromatic heterocycles. The van der Waals surface area contributed by atoms with Gasteiger partial charge in [-0.15, -0.1) is 0 Å². The molecule has 1 fully saturated rings. The lowest BCUT2D eigenvalue weighted by Crippen LogP contribution is -2.32. The Balaban J connectivity index is 1.85. The average molecular weight is 284 g/mol. The highest BCUT2D eigenvalue weighted by Gasteiger charge is 2.19. The highest BCUT2D eigenvalue weighted by molar-refractivity contribution is 9.10. The summed E-state index contributed by atoms with van der Waals surface area (Å²) >= 11 is 3.53. The minimum atomic E-state index is 0.331. The number of rotatable bonds is 3. The van der Waals surface area contributed by atoms with Crippen molar-refractivity contribution in [3.05, 3.63) is 34.3 Å². The van der Waals surface area contributed by atoms with E-state index in [1.807, 2.05) is 18.2 Å². The maximum atomic E-state index is 5.93. The molecule has 0 spiro atoms. The third kappa shape index (κ3) is 3.30. The van der Waals surface area contributed by atoms with Crippen molar-refractivity contribution in [2.75, 3.05) is 0 Å². The van der Waals surface area contributed by atoms with Crippen LogP contribution in [0.2, 0.25) is 0 Å². The summed E-state index contributed by atoms with van der Waals surface area (Å²) in [5.41, 5.74) is 7.14. The lowest BCUT2D eigenvalue weighted by atomic mass is 9.93. The minimum absolute atomic E-state index is 0.331. The SMILES string of the molecule is NC1CCCC(OCc2ccccc2Br)C1. The minimum Gasteiger partial charge on any atom is -0.373 e. The zero-order valence-corrected chi connectivity index (χ0v) is 10.9. The number of nitrogens with two attached hydrogens (primary N) is 1. The van der Waals surface area contributed by atoms with Gasteiger partial charge in [-0.25, -0.2) is 0 Å². The summed E-state index contributed by atoms with van der Waals surface area (Å²) in [5, 5.41) is 0. The second-order valence-electron chi connectivity index (χ2n) is 4.45. The molecule has 0 heterocycles. The van der Waals surface area contributed by atoms with Gasteiger partial charge in [0.15, 0.2) is 0 Å². The summed E-state index contributed by atoms with van der Waals surface area (Å²) in [6, 6.07) is 8.52. The Morgan fingerprint density at radius 3 is 2.88 bits per heavy atom. The molecule has 2 nitrogen and oxygen atoms in total. The highest BCUT2D eigenvalue weighted by atomic mass is 79.9. The molecule has 1 aliphatic rings. The number of hydrogen-bond donors (Lipinski definition) is 1. The monoisotopic (exact) mass is 283 g/mol. The van der Waals surface area contributed by atoms with E-state index in [4.69, 9.17) is 10.5 Å². The maximum absolute atomic E-state index is 5.93. The van der Waals surface area contributed by atoms with Crippen LogP contribution in [-0.4, -0.2) is 12.1 Å². The summed E-state index contributed by atoms with van der Waals surface area (Å²) in [5.74, 6) is 0. The predicted octanol–water partition coefficient (Wildman–Crippen LogP) is 3.24. The van der Waals surface area contributed by atoms with Crippen LogP contribution in [-0.2, 0) is 11.3 Å². The van der Waals surface area contributed by atoms with E-state index in [0.717, 1.165) is 23.7 Å². The third-order valence-electron chi connectivity index (χ3n) is 3.10. The van der Waals surface area contributed by atoms with Crippen molar-refractivity contribution in [1.82, 2.24) is 0 Å². The van der Waals surface area contributed by atoms with Crippen molar-refractivity contribution in [3.63, 3.8) is 0 Å². The Morgan fingerprint density at radius 1 is 1.31 bits per heavy atom. The van der Waals surface area contributed by atoms with Crippen molar-refractivity contribution in [1.29, 1.82) is 0 Å². The Hall–Kier alpha value is -0.380. The molecule has 0 saturated heterocycles. The van der Waals surface area contributed by atoms with Crippen LogP contribution in [0.25, 0.3) is 0 Å². The van der Waals surface area contributed by atoms with Crippen LogP contribution in [0.5, 0.6) is 0 Å². The van der Waals surface area contributed by atoms with Crippen LogP contribution in [0.3, 0.4) is 0 Å². The fourth-order valence-electron chi connectivity index (χ4n) is 2.16. The molecule has 0 radical (unpaired) electrons. The summed E-state index contributed by atoms with van der Waals surface area (Å²) in [6.07, 6.45) is 4.84. The van der Waals surface area contributed by atoms with E-state index < -0.39 is 0 Å². The predicted molar refractivity (Wildman–Crippen MR) is 69.2 cm³/mol. The lowest BCUT2D eigenvalue weighted by Gasteiger charge is -2.26. The molecule has 2 rings (SSSR count). The molecule has 2 atom stereocenters. The molecule has 88 valence electrons. The number of ether oxygens (including phenoxy) is 1. The molecular formula is C13H18BrNO. The van der Waals surface area contributed by atoms with Gasteiger partial charge in [-0.3, -0.25) is 0 Å². The second-order valence-corrected chi connectivity index (χ2v) is 5.31. The van der Waals surface area contributed by atoms with Crippen LogP contribution in [0.4, 0.5) is 0 Å². The van der Waals surface area contributed by atoms with Gasteiger partial charge >= 0.3 is 0 Å². The van der Waals surface area contributed by atoms with E-state index in [1.54, 1.807) is 0 Å². The first kappa shape index (κ1) is 12.1. The first-order valence-electron chi connectivity index (χ1n) is 5.86. The Morgan fingerprint density at radius 2 is 2.12 bits per heavy atom. The van der Waals surface area contributed by atoms with Crippen LogP contribution in [0, 0.1) is 0 Å². The fourth-order valence-corrected chi connectivity index (χ4v) is 2.55. The lowest BCUT2D eigenvalue weighted by molar-refractivity contribution is 0.0120. The van der Waals surface area contributed by atoms with Gasteiger partial charge in [0, 0.05) is 10.5 Å². The quantitative estimate of drug-likeness (QED) is 0.924. The van der Waals surface area contributed by atoms with Crippen molar-refractivity contribution in [2.45, 2.75) is 44.4 Å². The molecule has 16 heavy (non-hydrogen) atoms. The molecule has 0 aliphatic heterocycles. The summed E-state index contributed by atoms with van der Waals surface area (Å²) in [7, 11) is 0. The zero-order valence-electron chi connectivity index (χ0n) is 9.36. The van der Waals surface area contributed by atoms with Crippen LogP contribution >= 0.6 is 15.9 Å². The van der Waals surface area contributed by atoms with Crippen LogP contribution in [0.15, 0.2) is 28.7 Å². The van der Waals surface area contributed by atoms with E-state index in [9.17, 15) is 0 Å². The molecule has 2 N–H and O–H groups in total. The van der Waals surface area contributed by atoms with Crippen molar-refractivity contribution >= 4 is 15.9 Å². The molecule has 1 aliphatic carbocycles. The number of benzene rings is 1. The van der Waals surface area contributed by atoms with Gasteiger partial charge in [0.25, 0.3) is 0 Å². The molecular weight excluding hydrogens is 266 g/mol. The normalized spacial score (nSPS) is 25.6. The summed E-state index contributed by atoms with van der Waals surface area (Å²) in [6.45, 7) is 0.679. The number of hydrogen-bond acceptors (Lipinski definition) is 2. The largest absolute Gasteiger partial charge is 0.373 e. The van der Waals surface area contributed by atoms with E-state index in [1.165, 1.54) is 12.0 Å². The van der Waals surface area contributed by atoms with Gasteiger partial charge in [0.1, 0.15) is 0 Å². The van der Waals surface area contributed by atoms with E-state index in [0.29, 0.717) is 18.8 Å². The smallest absolute Gasteiger partial charge is 0.0731 e. The molecule has 0 amide bonds. The molecule has 1 aromatic carbocycles. The molecule has 3 heteroatoms. The van der Waals surface area contributed by atoms with Gasteiger partial charge in [-0.05, 0) is 37.3 Å². The van der Waals surface area contributed by atoms with Gasteiger partial charge in [0.05, 0.1) is 12.7 Å². The average Bonchev–Trinajstić information content (AvgIpc) is 2.28. The molecule has 2 unspecified atom stereocenters. The Kier molecular flexibility index (Phi) is 4.38. The Bertz CT molecular complexity index is 342. The topological polar surface area (TPSA) is 35.2 Å². The number of halogens is 1. The van der Waals surface area contributed by atoms with Crippen molar-refractivity contribution < 1.29 is 4.74 Å². The first-order chi connectivity index (χ1) is 7.75. The first-order valence-corrected chi connectivity index (χ1v) is 6.65. The molecule has 1 saturated carbocycles. The van der Waals surface area contributed by atoms with Gasteiger partial charge in [-0.1, -0.05) is 34.1 Å². The van der Waals surface area contributed by atoms with E-state index in [-0.39, 0.29) is 0 Å². The third-order valence-corrected chi connectivity index (χ3v) is 3.87. The zero-order chi connectivity index (χ0) is 11.4. The fraction of sp³-hybridized carbons (Fsp3) is 0.538. The van der Waals surface area contributed by atoms with Crippen molar-refractivity contribution in [3.8, 4) is 0 Å². The maximum Gasteiger partial charge on any atom is 0.0731 e. The summed E-state index contributed by atoms with van der Waals surface area (Å²) in [4.78, 5) is 0. The second kappa shape index (κ2) is 5.80.